The smallest absolute Gasteiger partial charge is 0.281 e. The molecule has 156 valence electrons. The molecule has 6 heteroatoms. The summed E-state index contributed by atoms with van der Waals surface area (Å²) in [6, 6.07) is 25.0. The summed E-state index contributed by atoms with van der Waals surface area (Å²) in [5.41, 5.74) is 2.43. The fourth-order valence-corrected chi connectivity index (χ4v) is 3.22. The summed E-state index contributed by atoms with van der Waals surface area (Å²) in [6.45, 7) is 2.13. The van der Waals surface area contributed by atoms with E-state index in [9.17, 15) is 9.18 Å². The summed E-state index contributed by atoms with van der Waals surface area (Å²) in [7, 11) is 0. The zero-order valence-electron chi connectivity index (χ0n) is 17.0. The van der Waals surface area contributed by atoms with Crippen LogP contribution < -0.4 is 9.64 Å². The second-order valence-corrected chi connectivity index (χ2v) is 7.02. The molecule has 1 aromatic heterocycles. The van der Waals surface area contributed by atoms with E-state index in [1.54, 1.807) is 24.0 Å². The van der Waals surface area contributed by atoms with Crippen LogP contribution in [0.2, 0.25) is 0 Å². The van der Waals surface area contributed by atoms with Crippen LogP contribution in [0.5, 0.6) is 5.75 Å². The van der Waals surface area contributed by atoms with Crippen LogP contribution in [-0.2, 0) is 13.2 Å². The van der Waals surface area contributed by atoms with Crippen LogP contribution in [0.15, 0.2) is 89.5 Å². The van der Waals surface area contributed by atoms with E-state index < -0.39 is 5.82 Å². The second kappa shape index (κ2) is 9.26. The molecule has 0 bridgehead atoms. The third-order valence-electron chi connectivity index (χ3n) is 4.86. The van der Waals surface area contributed by atoms with Crippen molar-refractivity contribution in [2.45, 2.75) is 20.1 Å². The van der Waals surface area contributed by atoms with E-state index in [1.807, 2.05) is 60.7 Å². The number of amides is 1. The zero-order valence-corrected chi connectivity index (χ0v) is 17.0. The molecule has 0 aliphatic heterocycles. The Kier molecular flexibility index (Phi) is 6.08. The van der Waals surface area contributed by atoms with Crippen molar-refractivity contribution >= 4 is 11.6 Å². The Morgan fingerprint density at radius 2 is 1.71 bits per heavy atom. The summed E-state index contributed by atoms with van der Waals surface area (Å²) in [6.07, 6.45) is 0. The van der Waals surface area contributed by atoms with E-state index in [1.165, 1.54) is 12.1 Å². The minimum Gasteiger partial charge on any atom is -0.489 e. The standard InChI is InChI=1S/C25H21FN2O3/c1-18-23(17-30-22-14-8-11-20(26)15-22)24(27-31-18)25(29)28(21-12-6-3-7-13-21)16-19-9-4-2-5-10-19/h2-15H,16-17H2,1H3. The fourth-order valence-electron chi connectivity index (χ4n) is 3.22. The predicted molar refractivity (Wildman–Crippen MR) is 115 cm³/mol. The van der Waals surface area contributed by atoms with Crippen LogP contribution in [0.3, 0.4) is 0 Å². The average Bonchev–Trinajstić information content (AvgIpc) is 3.17. The molecule has 0 fully saturated rings. The Labute approximate surface area is 179 Å². The van der Waals surface area contributed by atoms with Crippen molar-refractivity contribution in [3.05, 3.63) is 113 Å². The van der Waals surface area contributed by atoms with E-state index in [2.05, 4.69) is 5.16 Å². The van der Waals surface area contributed by atoms with Gasteiger partial charge in [-0.25, -0.2) is 4.39 Å². The van der Waals surface area contributed by atoms with Gasteiger partial charge < -0.3 is 14.2 Å². The Bertz CT molecular complexity index is 1160. The van der Waals surface area contributed by atoms with Crippen molar-refractivity contribution in [3.63, 3.8) is 0 Å². The van der Waals surface area contributed by atoms with Crippen LogP contribution in [0.25, 0.3) is 0 Å². The summed E-state index contributed by atoms with van der Waals surface area (Å²) in [4.78, 5) is 15.2. The number of nitrogens with zero attached hydrogens (tertiary/aromatic N) is 2. The number of anilines is 1. The number of carbonyl (C=O) groups is 1. The maximum absolute atomic E-state index is 13.5. The van der Waals surface area contributed by atoms with Gasteiger partial charge in [0.1, 0.15) is 23.9 Å². The molecule has 0 unspecified atom stereocenters. The average molecular weight is 416 g/mol. The van der Waals surface area contributed by atoms with Crippen molar-refractivity contribution in [1.82, 2.24) is 5.16 Å². The molecule has 0 aliphatic carbocycles. The molecule has 4 rings (SSSR count). The molecule has 4 aromatic rings. The van der Waals surface area contributed by atoms with Gasteiger partial charge in [0.05, 0.1) is 12.1 Å². The number of halogens is 1. The SMILES string of the molecule is Cc1onc(C(=O)N(Cc2ccccc2)c2ccccc2)c1COc1cccc(F)c1. The molecule has 0 saturated carbocycles. The lowest BCUT2D eigenvalue weighted by Crippen LogP contribution is -2.31. The largest absolute Gasteiger partial charge is 0.489 e. The van der Waals surface area contributed by atoms with Crippen LogP contribution >= 0.6 is 0 Å². The first kappa shape index (κ1) is 20.3. The highest BCUT2D eigenvalue weighted by atomic mass is 19.1. The lowest BCUT2D eigenvalue weighted by Gasteiger charge is -2.22. The molecule has 0 radical (unpaired) electrons. The summed E-state index contributed by atoms with van der Waals surface area (Å²) in [5, 5.41) is 4.01. The van der Waals surface area contributed by atoms with E-state index in [0.29, 0.717) is 23.6 Å². The lowest BCUT2D eigenvalue weighted by molar-refractivity contribution is 0.0974. The third-order valence-corrected chi connectivity index (χ3v) is 4.86. The number of hydrogen-bond donors (Lipinski definition) is 0. The second-order valence-electron chi connectivity index (χ2n) is 7.02. The molecule has 0 saturated heterocycles. The van der Waals surface area contributed by atoms with Gasteiger partial charge in [0.15, 0.2) is 5.69 Å². The van der Waals surface area contributed by atoms with Crippen LogP contribution in [0.4, 0.5) is 10.1 Å². The molecule has 0 aliphatic rings. The zero-order chi connectivity index (χ0) is 21.6. The van der Waals surface area contributed by atoms with E-state index in [4.69, 9.17) is 9.26 Å². The van der Waals surface area contributed by atoms with Crippen molar-refractivity contribution < 1.29 is 18.4 Å². The van der Waals surface area contributed by atoms with Crippen molar-refractivity contribution in [2.75, 3.05) is 4.90 Å². The van der Waals surface area contributed by atoms with Gasteiger partial charge in [-0.15, -0.1) is 0 Å². The molecule has 0 N–H and O–H groups in total. The first-order chi connectivity index (χ1) is 15.1. The molecule has 5 nitrogen and oxygen atoms in total. The molecule has 1 amide bonds. The Hall–Kier alpha value is -3.93. The van der Waals surface area contributed by atoms with Crippen LogP contribution in [-0.4, -0.2) is 11.1 Å². The Balaban J connectivity index is 1.62. The minimum absolute atomic E-state index is 0.0355. The highest BCUT2D eigenvalue weighted by Crippen LogP contribution is 2.24. The molecule has 3 aromatic carbocycles. The van der Waals surface area contributed by atoms with E-state index >= 15 is 0 Å². The van der Waals surface area contributed by atoms with E-state index in [-0.39, 0.29) is 18.2 Å². The monoisotopic (exact) mass is 416 g/mol. The van der Waals surface area contributed by atoms with Crippen molar-refractivity contribution in [3.8, 4) is 5.75 Å². The topological polar surface area (TPSA) is 55.6 Å². The van der Waals surface area contributed by atoms with Gasteiger partial charge in [0.25, 0.3) is 5.91 Å². The van der Waals surface area contributed by atoms with Crippen LogP contribution in [0.1, 0.15) is 27.4 Å². The number of para-hydroxylation sites is 1. The molecule has 1 heterocycles. The van der Waals surface area contributed by atoms with E-state index in [0.717, 1.165) is 11.3 Å². The maximum atomic E-state index is 13.5. The van der Waals surface area contributed by atoms with Crippen molar-refractivity contribution in [2.24, 2.45) is 0 Å². The quantitative estimate of drug-likeness (QED) is 0.396. The van der Waals surface area contributed by atoms with Gasteiger partial charge >= 0.3 is 0 Å². The number of carbonyl (C=O) groups excluding carboxylic acids is 1. The third kappa shape index (κ3) is 4.80. The fraction of sp³-hybridized carbons (Fsp3) is 0.120. The minimum atomic E-state index is -0.394. The van der Waals surface area contributed by atoms with Gasteiger partial charge in [-0.1, -0.05) is 59.8 Å². The summed E-state index contributed by atoms with van der Waals surface area (Å²) in [5.74, 6) is 0.148. The van der Waals surface area contributed by atoms with Gasteiger partial charge in [-0.05, 0) is 36.8 Å². The van der Waals surface area contributed by atoms with Gasteiger partial charge in [0.2, 0.25) is 0 Å². The lowest BCUT2D eigenvalue weighted by atomic mass is 10.1. The normalized spacial score (nSPS) is 10.6. The number of aromatic nitrogens is 1. The summed E-state index contributed by atoms with van der Waals surface area (Å²) < 4.78 is 24.5. The number of rotatable bonds is 7. The van der Waals surface area contributed by atoms with Crippen molar-refractivity contribution in [1.29, 1.82) is 0 Å². The predicted octanol–water partition coefficient (Wildman–Crippen LogP) is 5.55. The molecular weight excluding hydrogens is 395 g/mol. The Morgan fingerprint density at radius 3 is 2.42 bits per heavy atom. The highest BCUT2D eigenvalue weighted by Gasteiger charge is 2.26. The first-order valence-electron chi connectivity index (χ1n) is 9.86. The molecule has 0 atom stereocenters. The van der Waals surface area contributed by atoms with Gasteiger partial charge in [0, 0.05) is 11.8 Å². The van der Waals surface area contributed by atoms with Gasteiger partial charge in [-0.3, -0.25) is 4.79 Å². The molecular formula is C25H21FN2O3. The number of ether oxygens (including phenoxy) is 1. The number of benzene rings is 3. The Morgan fingerprint density at radius 1 is 1.00 bits per heavy atom. The first-order valence-corrected chi connectivity index (χ1v) is 9.86. The number of aryl methyl sites for hydroxylation is 1. The summed E-state index contributed by atoms with van der Waals surface area (Å²) >= 11 is 0. The number of hydrogen-bond acceptors (Lipinski definition) is 4. The maximum Gasteiger partial charge on any atom is 0.281 e. The van der Waals surface area contributed by atoms with Crippen LogP contribution in [0, 0.1) is 12.7 Å². The highest BCUT2D eigenvalue weighted by molar-refractivity contribution is 6.05. The molecule has 0 spiro atoms. The molecule has 31 heavy (non-hydrogen) atoms. The van der Waals surface area contributed by atoms with Gasteiger partial charge in [-0.2, -0.15) is 0 Å².